The highest BCUT2D eigenvalue weighted by Gasteiger charge is 2.37. The second-order valence-electron chi connectivity index (χ2n) is 7.08. The first-order chi connectivity index (χ1) is 13.0. The molecule has 0 aliphatic heterocycles. The van der Waals surface area contributed by atoms with Gasteiger partial charge in [-0.3, -0.25) is 9.78 Å². The lowest BCUT2D eigenvalue weighted by Crippen LogP contribution is -2.30. The predicted molar refractivity (Wildman–Crippen MR) is 109 cm³/mol. The maximum Gasteiger partial charge on any atom is 0.135 e. The van der Waals surface area contributed by atoms with E-state index in [2.05, 4.69) is 11.1 Å². The maximum atomic E-state index is 11.5. The first kappa shape index (κ1) is 18.4. The molecule has 1 aromatic carbocycles. The fraction of sp³-hybridized carbons (Fsp3) is 0.273. The molecule has 0 fully saturated rings. The van der Waals surface area contributed by atoms with Crippen molar-refractivity contribution >= 4 is 28.7 Å². The van der Waals surface area contributed by atoms with E-state index in [1.54, 1.807) is 24.5 Å². The van der Waals surface area contributed by atoms with Crippen molar-refractivity contribution in [2.75, 3.05) is 0 Å². The molecule has 138 valence electrons. The predicted octanol–water partition coefficient (Wildman–Crippen LogP) is 5.17. The van der Waals surface area contributed by atoms with Crippen molar-refractivity contribution in [3.8, 4) is 10.4 Å². The Morgan fingerprint density at radius 2 is 2.04 bits per heavy atom. The number of pyridine rings is 1. The smallest absolute Gasteiger partial charge is 0.135 e. The Hall–Kier alpha value is -2.01. The highest BCUT2D eigenvalue weighted by Crippen LogP contribution is 2.46. The van der Waals surface area contributed by atoms with Crippen LogP contribution in [0.1, 0.15) is 41.5 Å². The third-order valence-corrected chi connectivity index (χ3v) is 6.55. The number of aliphatic hydroxyl groups is 1. The minimum atomic E-state index is -0.984. The van der Waals surface area contributed by atoms with Gasteiger partial charge in [-0.05, 0) is 67.6 Å². The monoisotopic (exact) mass is 397 g/mol. The number of aryl methyl sites for hydroxylation is 1. The van der Waals surface area contributed by atoms with Crippen LogP contribution in [0.25, 0.3) is 10.4 Å². The number of hydrogen-bond acceptors (Lipinski definition) is 4. The molecule has 0 saturated heterocycles. The van der Waals surface area contributed by atoms with E-state index < -0.39 is 5.60 Å². The van der Waals surface area contributed by atoms with Crippen LogP contribution in [0.5, 0.6) is 0 Å². The van der Waals surface area contributed by atoms with Crippen molar-refractivity contribution in [1.82, 2.24) is 4.98 Å². The molecule has 0 spiro atoms. The summed E-state index contributed by atoms with van der Waals surface area (Å²) in [4.78, 5) is 18.0. The zero-order valence-electron chi connectivity index (χ0n) is 15.0. The van der Waals surface area contributed by atoms with Crippen LogP contribution in [0.15, 0.2) is 48.7 Å². The lowest BCUT2D eigenvalue weighted by atomic mass is 9.78. The van der Waals surface area contributed by atoms with Crippen LogP contribution in [0.4, 0.5) is 0 Å². The van der Waals surface area contributed by atoms with Crippen LogP contribution >= 0.6 is 22.9 Å². The van der Waals surface area contributed by atoms with Gasteiger partial charge in [-0.1, -0.05) is 23.7 Å². The largest absolute Gasteiger partial charge is 0.380 e. The van der Waals surface area contributed by atoms with E-state index in [-0.39, 0.29) is 5.78 Å². The molecule has 1 aliphatic rings. The van der Waals surface area contributed by atoms with E-state index >= 15 is 0 Å². The normalized spacial score (nSPS) is 18.9. The van der Waals surface area contributed by atoms with E-state index in [0.29, 0.717) is 17.9 Å². The fourth-order valence-corrected chi connectivity index (χ4v) is 5.15. The van der Waals surface area contributed by atoms with Crippen molar-refractivity contribution in [3.05, 3.63) is 75.4 Å². The molecule has 0 amide bonds. The van der Waals surface area contributed by atoms with Gasteiger partial charge in [0, 0.05) is 38.7 Å². The summed E-state index contributed by atoms with van der Waals surface area (Å²) in [5.74, 6) is 0.0993. The van der Waals surface area contributed by atoms with Gasteiger partial charge in [0.15, 0.2) is 0 Å². The Kier molecular flexibility index (Phi) is 4.89. The van der Waals surface area contributed by atoms with Crippen molar-refractivity contribution in [1.29, 1.82) is 0 Å². The number of nitrogens with zero attached hydrogens (tertiary/aromatic N) is 1. The van der Waals surface area contributed by atoms with Crippen LogP contribution < -0.4 is 0 Å². The zero-order chi connectivity index (χ0) is 19.0. The molecule has 3 aromatic rings. The Morgan fingerprint density at radius 1 is 1.26 bits per heavy atom. The summed E-state index contributed by atoms with van der Waals surface area (Å²) < 4.78 is 0. The molecule has 1 atom stereocenters. The number of benzene rings is 1. The quantitative estimate of drug-likeness (QED) is 0.660. The van der Waals surface area contributed by atoms with Gasteiger partial charge in [0.25, 0.3) is 0 Å². The minimum Gasteiger partial charge on any atom is -0.380 e. The number of halogens is 1. The van der Waals surface area contributed by atoms with Gasteiger partial charge in [0.2, 0.25) is 0 Å². The number of carbonyl (C=O) groups is 1. The Balaban J connectivity index is 1.75. The molecule has 1 unspecified atom stereocenters. The van der Waals surface area contributed by atoms with Gasteiger partial charge in [-0.25, -0.2) is 0 Å². The van der Waals surface area contributed by atoms with Gasteiger partial charge in [0.1, 0.15) is 11.4 Å². The highest BCUT2D eigenvalue weighted by atomic mass is 35.5. The van der Waals surface area contributed by atoms with Gasteiger partial charge in [-0.2, -0.15) is 0 Å². The second-order valence-corrected chi connectivity index (χ2v) is 8.66. The minimum absolute atomic E-state index is 0.0993. The molecule has 0 radical (unpaired) electrons. The van der Waals surface area contributed by atoms with Gasteiger partial charge in [-0.15, -0.1) is 11.3 Å². The first-order valence-corrected chi connectivity index (χ1v) is 10.2. The number of fused-ring (bicyclic) bond motifs is 1. The van der Waals surface area contributed by atoms with Crippen molar-refractivity contribution in [2.45, 2.75) is 38.2 Å². The summed E-state index contributed by atoms with van der Waals surface area (Å²) in [5.41, 5.74) is 2.70. The van der Waals surface area contributed by atoms with Crippen LogP contribution in [0.3, 0.4) is 0 Å². The SMILES string of the molecule is CC(=O)Cc1cc(-c2cc3c(s2)CCCC3(O)c2ccc(Cl)cc2)ccn1. The van der Waals surface area contributed by atoms with E-state index in [4.69, 9.17) is 11.6 Å². The summed E-state index contributed by atoms with van der Waals surface area (Å²) in [5, 5.41) is 12.2. The zero-order valence-corrected chi connectivity index (χ0v) is 16.6. The van der Waals surface area contributed by atoms with Crippen LogP contribution in [0, 0.1) is 0 Å². The molecule has 2 heterocycles. The van der Waals surface area contributed by atoms with E-state index in [1.165, 1.54) is 4.88 Å². The molecular weight excluding hydrogens is 378 g/mol. The van der Waals surface area contributed by atoms with Crippen molar-refractivity contribution < 1.29 is 9.90 Å². The summed E-state index contributed by atoms with van der Waals surface area (Å²) >= 11 is 7.74. The molecular formula is C22H20ClNO2S. The highest BCUT2D eigenvalue weighted by molar-refractivity contribution is 7.15. The third kappa shape index (κ3) is 3.57. The van der Waals surface area contributed by atoms with Crippen LogP contribution in [-0.2, 0) is 23.2 Å². The lowest BCUT2D eigenvalue weighted by molar-refractivity contribution is -0.116. The average Bonchev–Trinajstić information content (AvgIpc) is 3.08. The molecule has 5 heteroatoms. The molecule has 3 nitrogen and oxygen atoms in total. The summed E-state index contributed by atoms with van der Waals surface area (Å²) in [6.07, 6.45) is 4.70. The Labute approximate surface area is 167 Å². The summed E-state index contributed by atoms with van der Waals surface area (Å²) in [7, 11) is 0. The Bertz CT molecular complexity index is 996. The number of hydrogen-bond donors (Lipinski definition) is 1. The van der Waals surface area contributed by atoms with Gasteiger partial charge < -0.3 is 5.11 Å². The maximum absolute atomic E-state index is 11.5. The number of Topliss-reactive ketones (excluding diaryl/α,β-unsaturated/α-hetero) is 1. The van der Waals surface area contributed by atoms with E-state index in [1.807, 2.05) is 36.4 Å². The van der Waals surface area contributed by atoms with Crippen molar-refractivity contribution in [3.63, 3.8) is 0 Å². The lowest BCUT2D eigenvalue weighted by Gasteiger charge is -2.33. The van der Waals surface area contributed by atoms with Crippen LogP contribution in [0.2, 0.25) is 5.02 Å². The molecule has 0 saturated carbocycles. The topological polar surface area (TPSA) is 50.2 Å². The number of ketones is 1. The second kappa shape index (κ2) is 7.19. The third-order valence-electron chi connectivity index (χ3n) is 5.05. The number of aromatic nitrogens is 1. The van der Waals surface area contributed by atoms with E-state index in [9.17, 15) is 9.90 Å². The Morgan fingerprint density at radius 3 is 2.78 bits per heavy atom. The standard InChI is InChI=1S/C22H20ClNO2S/c1-14(25)11-18-12-15(8-10-24-18)21-13-19-20(27-21)3-2-9-22(19,26)16-4-6-17(23)7-5-16/h4-8,10,12-13,26H,2-3,9,11H2,1H3. The molecule has 2 aromatic heterocycles. The summed E-state index contributed by atoms with van der Waals surface area (Å²) in [6, 6.07) is 13.5. The average molecular weight is 398 g/mol. The number of rotatable bonds is 4. The van der Waals surface area contributed by atoms with Gasteiger partial charge in [0.05, 0.1) is 0 Å². The molecule has 0 bridgehead atoms. The molecule has 1 aliphatic carbocycles. The molecule has 4 rings (SSSR count). The summed E-state index contributed by atoms with van der Waals surface area (Å²) in [6.45, 7) is 1.57. The van der Waals surface area contributed by atoms with Crippen LogP contribution in [-0.4, -0.2) is 15.9 Å². The van der Waals surface area contributed by atoms with Gasteiger partial charge >= 0.3 is 0 Å². The number of thiophene rings is 1. The first-order valence-electron chi connectivity index (χ1n) is 9.02. The molecule has 1 N–H and O–H groups in total. The van der Waals surface area contributed by atoms with E-state index in [0.717, 1.165) is 40.1 Å². The number of carbonyl (C=O) groups excluding carboxylic acids is 1. The fourth-order valence-electron chi connectivity index (χ4n) is 3.75. The molecule has 27 heavy (non-hydrogen) atoms. The van der Waals surface area contributed by atoms with Crippen molar-refractivity contribution in [2.24, 2.45) is 0 Å².